The van der Waals surface area contributed by atoms with Crippen molar-refractivity contribution in [3.63, 3.8) is 0 Å². The molecule has 0 aliphatic carbocycles. The van der Waals surface area contributed by atoms with E-state index in [1.807, 2.05) is 0 Å². The van der Waals surface area contributed by atoms with Gasteiger partial charge in [-0.1, -0.05) is 12.1 Å². The normalized spacial score (nSPS) is 10.9. The molecule has 0 radical (unpaired) electrons. The fourth-order valence-electron chi connectivity index (χ4n) is 2.24. The number of thiocarbonyl (C=S) groups is 1. The standard InChI is InChI=1S/C17H21N3O4S2/c1-23-13-5-8-16(24-2)15(11-13)20-17(25)19-10-9-12-3-6-14(7-4-12)26(18,21)22/h3-8,11H,9-10H2,1-2H3,(H2,18,21,22)(H2,19,20,25). The average Bonchev–Trinajstić information content (AvgIpc) is 2.61. The number of ether oxygens (including phenoxy) is 2. The molecule has 9 heteroatoms. The van der Waals surface area contributed by atoms with Crippen LogP contribution in [-0.2, 0) is 16.4 Å². The van der Waals surface area contributed by atoms with E-state index in [-0.39, 0.29) is 4.90 Å². The highest BCUT2D eigenvalue weighted by Gasteiger charge is 2.08. The molecule has 4 N–H and O–H groups in total. The lowest BCUT2D eigenvalue weighted by Crippen LogP contribution is -2.30. The number of methoxy groups -OCH3 is 2. The van der Waals surface area contributed by atoms with Gasteiger partial charge in [-0.2, -0.15) is 0 Å². The van der Waals surface area contributed by atoms with Gasteiger partial charge in [0.15, 0.2) is 5.11 Å². The number of nitrogens with one attached hydrogen (secondary N) is 2. The Kier molecular flexibility index (Phi) is 6.78. The van der Waals surface area contributed by atoms with E-state index in [9.17, 15) is 8.42 Å². The number of nitrogens with two attached hydrogens (primary N) is 1. The first-order chi connectivity index (χ1) is 12.3. The fraction of sp³-hybridized carbons (Fsp3) is 0.235. The van der Waals surface area contributed by atoms with E-state index >= 15 is 0 Å². The minimum absolute atomic E-state index is 0.0940. The van der Waals surface area contributed by atoms with Gasteiger partial charge >= 0.3 is 0 Å². The minimum atomic E-state index is -3.67. The molecular formula is C17H21N3O4S2. The van der Waals surface area contributed by atoms with Crippen LogP contribution in [0.5, 0.6) is 11.5 Å². The lowest BCUT2D eigenvalue weighted by molar-refractivity contribution is 0.405. The molecule has 0 aromatic heterocycles. The van der Waals surface area contributed by atoms with Crippen molar-refractivity contribution in [2.75, 3.05) is 26.1 Å². The number of sulfonamides is 1. The summed E-state index contributed by atoms with van der Waals surface area (Å²) in [5.74, 6) is 1.33. The van der Waals surface area contributed by atoms with E-state index in [0.29, 0.717) is 35.3 Å². The van der Waals surface area contributed by atoms with Gasteiger partial charge in [0.05, 0.1) is 24.8 Å². The van der Waals surface area contributed by atoms with Crippen LogP contribution < -0.4 is 25.2 Å². The largest absolute Gasteiger partial charge is 0.497 e. The van der Waals surface area contributed by atoms with Crippen LogP contribution in [0.4, 0.5) is 5.69 Å². The van der Waals surface area contributed by atoms with E-state index in [1.165, 1.54) is 12.1 Å². The summed E-state index contributed by atoms with van der Waals surface area (Å²) in [6, 6.07) is 11.8. The van der Waals surface area contributed by atoms with Crippen LogP contribution in [0.1, 0.15) is 5.56 Å². The summed E-state index contributed by atoms with van der Waals surface area (Å²) >= 11 is 5.29. The molecule has 2 aromatic carbocycles. The molecule has 2 aromatic rings. The summed E-state index contributed by atoms with van der Waals surface area (Å²) in [7, 11) is -0.504. The summed E-state index contributed by atoms with van der Waals surface area (Å²) in [5.41, 5.74) is 1.66. The van der Waals surface area contributed by atoms with Gasteiger partial charge in [0, 0.05) is 12.6 Å². The van der Waals surface area contributed by atoms with E-state index in [1.54, 1.807) is 44.6 Å². The van der Waals surface area contributed by atoms with Crippen LogP contribution in [0.2, 0.25) is 0 Å². The van der Waals surface area contributed by atoms with E-state index < -0.39 is 10.0 Å². The van der Waals surface area contributed by atoms with Crippen LogP contribution in [0, 0.1) is 0 Å². The smallest absolute Gasteiger partial charge is 0.238 e. The van der Waals surface area contributed by atoms with Crippen LogP contribution in [0.25, 0.3) is 0 Å². The zero-order chi connectivity index (χ0) is 19.2. The maximum atomic E-state index is 11.2. The zero-order valence-electron chi connectivity index (χ0n) is 14.5. The van der Waals surface area contributed by atoms with E-state index in [2.05, 4.69) is 10.6 Å². The highest BCUT2D eigenvalue weighted by Crippen LogP contribution is 2.28. The Hall–Kier alpha value is -2.36. The first-order valence-electron chi connectivity index (χ1n) is 7.72. The Bertz CT molecular complexity index is 868. The summed E-state index contributed by atoms with van der Waals surface area (Å²) < 4.78 is 33.0. The third-order valence-corrected chi connectivity index (χ3v) is 4.78. The van der Waals surface area contributed by atoms with Crippen molar-refractivity contribution >= 4 is 33.0 Å². The van der Waals surface area contributed by atoms with Gasteiger partial charge in [-0.15, -0.1) is 0 Å². The molecule has 2 rings (SSSR count). The van der Waals surface area contributed by atoms with Crippen molar-refractivity contribution < 1.29 is 17.9 Å². The summed E-state index contributed by atoms with van der Waals surface area (Å²) in [6.45, 7) is 0.576. The molecule has 0 amide bonds. The molecule has 140 valence electrons. The number of primary sulfonamides is 1. The van der Waals surface area contributed by atoms with Gasteiger partial charge in [-0.25, -0.2) is 13.6 Å². The summed E-state index contributed by atoms with van der Waals surface area (Å²) in [6.07, 6.45) is 0.669. The van der Waals surface area contributed by atoms with Crippen molar-refractivity contribution in [1.29, 1.82) is 0 Å². The molecule has 0 spiro atoms. The quantitative estimate of drug-likeness (QED) is 0.615. The van der Waals surface area contributed by atoms with Crippen molar-refractivity contribution in [3.05, 3.63) is 48.0 Å². The van der Waals surface area contributed by atoms with Crippen LogP contribution in [0.3, 0.4) is 0 Å². The molecule has 7 nitrogen and oxygen atoms in total. The average molecular weight is 396 g/mol. The van der Waals surface area contributed by atoms with Gasteiger partial charge in [0.2, 0.25) is 10.0 Å². The fourth-order valence-corrected chi connectivity index (χ4v) is 2.97. The molecule has 26 heavy (non-hydrogen) atoms. The highest BCUT2D eigenvalue weighted by atomic mass is 32.2. The van der Waals surface area contributed by atoms with Crippen LogP contribution >= 0.6 is 12.2 Å². The van der Waals surface area contributed by atoms with Crippen molar-refractivity contribution in [3.8, 4) is 11.5 Å². The summed E-state index contributed by atoms with van der Waals surface area (Å²) in [5, 5.41) is 11.7. The number of hydrogen-bond acceptors (Lipinski definition) is 5. The Balaban J connectivity index is 1.89. The number of rotatable bonds is 7. The third kappa shape index (κ3) is 5.58. The molecule has 0 unspecified atom stereocenters. The third-order valence-electron chi connectivity index (χ3n) is 3.61. The van der Waals surface area contributed by atoms with Gasteiger partial charge in [0.1, 0.15) is 11.5 Å². The molecular weight excluding hydrogens is 374 g/mol. The maximum Gasteiger partial charge on any atom is 0.238 e. The van der Waals surface area contributed by atoms with Crippen molar-refractivity contribution in [1.82, 2.24) is 5.32 Å². The second kappa shape index (κ2) is 8.84. The summed E-state index contributed by atoms with van der Waals surface area (Å²) in [4.78, 5) is 0.0940. The number of hydrogen-bond donors (Lipinski definition) is 3. The molecule has 0 saturated carbocycles. The first-order valence-corrected chi connectivity index (χ1v) is 9.67. The lowest BCUT2D eigenvalue weighted by atomic mass is 10.1. The first kappa shape index (κ1) is 20.0. The SMILES string of the molecule is COc1ccc(OC)c(NC(=S)NCCc2ccc(S(N)(=O)=O)cc2)c1. The van der Waals surface area contributed by atoms with E-state index in [4.69, 9.17) is 26.8 Å². The molecule has 0 atom stereocenters. The highest BCUT2D eigenvalue weighted by molar-refractivity contribution is 7.89. The molecule has 0 fully saturated rings. The van der Waals surface area contributed by atoms with Gasteiger partial charge in [0.25, 0.3) is 0 Å². The molecule has 0 aliphatic rings. The minimum Gasteiger partial charge on any atom is -0.497 e. The monoisotopic (exact) mass is 395 g/mol. The maximum absolute atomic E-state index is 11.2. The predicted octanol–water partition coefficient (Wildman–Crippen LogP) is 1.88. The Morgan fingerprint density at radius 2 is 1.81 bits per heavy atom. The van der Waals surface area contributed by atoms with Gasteiger partial charge in [-0.3, -0.25) is 0 Å². The predicted molar refractivity (Wildman–Crippen MR) is 105 cm³/mol. The Morgan fingerprint density at radius 1 is 1.12 bits per heavy atom. The van der Waals surface area contributed by atoms with Gasteiger partial charge < -0.3 is 20.1 Å². The van der Waals surface area contributed by atoms with E-state index in [0.717, 1.165) is 5.56 Å². The second-order valence-corrected chi connectivity index (χ2v) is 7.36. The van der Waals surface area contributed by atoms with Crippen molar-refractivity contribution in [2.45, 2.75) is 11.3 Å². The van der Waals surface area contributed by atoms with Gasteiger partial charge in [-0.05, 0) is 48.5 Å². The molecule has 0 heterocycles. The van der Waals surface area contributed by atoms with Crippen molar-refractivity contribution in [2.24, 2.45) is 5.14 Å². The number of anilines is 1. The molecule has 0 bridgehead atoms. The Labute approximate surface area is 158 Å². The lowest BCUT2D eigenvalue weighted by Gasteiger charge is -2.14. The Morgan fingerprint density at radius 3 is 2.38 bits per heavy atom. The van der Waals surface area contributed by atoms with Crippen LogP contribution in [0.15, 0.2) is 47.4 Å². The number of benzene rings is 2. The van der Waals surface area contributed by atoms with Crippen LogP contribution in [-0.4, -0.2) is 34.3 Å². The molecule has 0 saturated heterocycles. The second-order valence-electron chi connectivity index (χ2n) is 5.39. The molecule has 0 aliphatic heterocycles. The topological polar surface area (TPSA) is 103 Å². The zero-order valence-corrected chi connectivity index (χ0v) is 16.1.